The van der Waals surface area contributed by atoms with Gasteiger partial charge in [-0.2, -0.15) is 0 Å². The minimum absolute atomic E-state index is 0.319. The standard InChI is InChI=1S/C15H29N3O/c1-17(14-8-6-13(16)7-9-14)12-15(19)18-10-4-2-3-5-11-18/h13-14H,2-12,16H2,1H3. The Bertz CT molecular complexity index is 279. The summed E-state index contributed by atoms with van der Waals surface area (Å²) in [4.78, 5) is 16.6. The van der Waals surface area contributed by atoms with Crippen molar-refractivity contribution in [3.63, 3.8) is 0 Å². The van der Waals surface area contributed by atoms with Crippen LogP contribution in [0, 0.1) is 0 Å². The molecular weight excluding hydrogens is 238 g/mol. The number of hydrogen-bond donors (Lipinski definition) is 1. The van der Waals surface area contributed by atoms with Crippen LogP contribution in [0.5, 0.6) is 0 Å². The molecule has 2 N–H and O–H groups in total. The maximum absolute atomic E-state index is 12.3. The molecule has 4 nitrogen and oxygen atoms in total. The van der Waals surface area contributed by atoms with E-state index in [9.17, 15) is 4.79 Å². The topological polar surface area (TPSA) is 49.6 Å². The Morgan fingerprint density at radius 2 is 1.68 bits per heavy atom. The van der Waals surface area contributed by atoms with Crippen molar-refractivity contribution in [2.45, 2.75) is 63.5 Å². The zero-order chi connectivity index (χ0) is 13.7. The Morgan fingerprint density at radius 1 is 1.11 bits per heavy atom. The Hall–Kier alpha value is -0.610. The molecule has 0 aromatic rings. The first kappa shape index (κ1) is 14.8. The highest BCUT2D eigenvalue weighted by Crippen LogP contribution is 2.21. The molecule has 1 amide bonds. The molecule has 4 heteroatoms. The first-order valence-corrected chi connectivity index (χ1v) is 7.90. The molecular formula is C15H29N3O. The number of nitrogens with two attached hydrogens (primary N) is 1. The second-order valence-electron chi connectivity index (χ2n) is 6.28. The first-order valence-electron chi connectivity index (χ1n) is 7.90. The summed E-state index contributed by atoms with van der Waals surface area (Å²) in [6, 6.07) is 0.932. The molecule has 0 aromatic heterocycles. The molecule has 1 saturated carbocycles. The van der Waals surface area contributed by atoms with Crippen LogP contribution in [0.25, 0.3) is 0 Å². The summed E-state index contributed by atoms with van der Waals surface area (Å²) in [5.41, 5.74) is 5.94. The number of likely N-dealkylation sites (N-methyl/N-ethyl adjacent to an activating group) is 1. The maximum atomic E-state index is 12.3. The number of amides is 1. The van der Waals surface area contributed by atoms with Crippen molar-refractivity contribution in [1.82, 2.24) is 9.80 Å². The van der Waals surface area contributed by atoms with E-state index in [0.29, 0.717) is 24.5 Å². The monoisotopic (exact) mass is 267 g/mol. The van der Waals surface area contributed by atoms with Gasteiger partial charge in [0.25, 0.3) is 0 Å². The van der Waals surface area contributed by atoms with E-state index in [4.69, 9.17) is 5.73 Å². The molecule has 1 aliphatic carbocycles. The first-order chi connectivity index (χ1) is 9.16. The van der Waals surface area contributed by atoms with Crippen molar-refractivity contribution in [2.24, 2.45) is 5.73 Å². The van der Waals surface area contributed by atoms with Crippen LogP contribution in [-0.4, -0.2) is 54.5 Å². The number of carbonyl (C=O) groups is 1. The summed E-state index contributed by atoms with van der Waals surface area (Å²) >= 11 is 0. The third-order valence-electron chi connectivity index (χ3n) is 4.71. The number of nitrogens with zero attached hydrogens (tertiary/aromatic N) is 2. The van der Waals surface area contributed by atoms with E-state index in [1.807, 2.05) is 0 Å². The largest absolute Gasteiger partial charge is 0.342 e. The number of likely N-dealkylation sites (tertiary alicyclic amines) is 1. The van der Waals surface area contributed by atoms with Crippen LogP contribution < -0.4 is 5.73 Å². The second-order valence-corrected chi connectivity index (χ2v) is 6.28. The van der Waals surface area contributed by atoms with E-state index < -0.39 is 0 Å². The quantitative estimate of drug-likeness (QED) is 0.845. The van der Waals surface area contributed by atoms with Crippen LogP contribution in [0.1, 0.15) is 51.4 Å². The van der Waals surface area contributed by atoms with Crippen molar-refractivity contribution in [1.29, 1.82) is 0 Å². The van der Waals surface area contributed by atoms with E-state index in [1.165, 1.54) is 25.7 Å². The Labute approximate surface area is 117 Å². The average molecular weight is 267 g/mol. The fourth-order valence-corrected chi connectivity index (χ4v) is 3.30. The van der Waals surface area contributed by atoms with Crippen LogP contribution in [0.3, 0.4) is 0 Å². The number of carbonyl (C=O) groups excluding carboxylic acids is 1. The summed E-state index contributed by atoms with van der Waals surface area (Å²) in [6.07, 6.45) is 9.40. The summed E-state index contributed by atoms with van der Waals surface area (Å²) < 4.78 is 0. The van der Waals surface area contributed by atoms with E-state index >= 15 is 0 Å². The van der Waals surface area contributed by atoms with E-state index in [0.717, 1.165) is 38.8 Å². The molecule has 110 valence electrons. The minimum Gasteiger partial charge on any atom is -0.342 e. The highest BCUT2D eigenvalue weighted by molar-refractivity contribution is 5.78. The van der Waals surface area contributed by atoms with Crippen molar-refractivity contribution < 1.29 is 4.79 Å². The van der Waals surface area contributed by atoms with Gasteiger partial charge in [-0.25, -0.2) is 0 Å². The third kappa shape index (κ3) is 4.46. The summed E-state index contributed by atoms with van der Waals surface area (Å²) in [5, 5.41) is 0. The lowest BCUT2D eigenvalue weighted by atomic mass is 9.91. The molecule has 1 heterocycles. The lowest BCUT2D eigenvalue weighted by Gasteiger charge is -2.34. The van der Waals surface area contributed by atoms with Gasteiger partial charge in [0.15, 0.2) is 0 Å². The van der Waals surface area contributed by atoms with Gasteiger partial charge in [-0.05, 0) is 45.6 Å². The average Bonchev–Trinajstić information content (AvgIpc) is 2.68. The molecule has 2 fully saturated rings. The van der Waals surface area contributed by atoms with Gasteiger partial charge in [0.05, 0.1) is 6.54 Å². The lowest BCUT2D eigenvalue weighted by Crippen LogP contribution is -2.45. The van der Waals surface area contributed by atoms with Crippen LogP contribution in [0.4, 0.5) is 0 Å². The summed E-state index contributed by atoms with van der Waals surface area (Å²) in [5.74, 6) is 0.319. The van der Waals surface area contributed by atoms with Crippen LogP contribution in [0.2, 0.25) is 0 Å². The molecule has 19 heavy (non-hydrogen) atoms. The van der Waals surface area contributed by atoms with Gasteiger partial charge in [-0.1, -0.05) is 12.8 Å². The zero-order valence-corrected chi connectivity index (χ0v) is 12.3. The molecule has 2 rings (SSSR count). The molecule has 1 saturated heterocycles. The smallest absolute Gasteiger partial charge is 0.236 e. The fourth-order valence-electron chi connectivity index (χ4n) is 3.30. The van der Waals surface area contributed by atoms with Crippen molar-refractivity contribution in [3.05, 3.63) is 0 Å². The van der Waals surface area contributed by atoms with Gasteiger partial charge in [-0.15, -0.1) is 0 Å². The normalized spacial score (nSPS) is 29.3. The Balaban J connectivity index is 1.77. The third-order valence-corrected chi connectivity index (χ3v) is 4.71. The SMILES string of the molecule is CN(CC(=O)N1CCCCCC1)C1CCC(N)CC1. The Kier molecular flexibility index (Phi) is 5.64. The zero-order valence-electron chi connectivity index (χ0n) is 12.3. The molecule has 0 unspecified atom stereocenters. The second kappa shape index (κ2) is 7.25. The van der Waals surface area contributed by atoms with E-state index in [1.54, 1.807) is 0 Å². The van der Waals surface area contributed by atoms with Crippen LogP contribution in [-0.2, 0) is 4.79 Å². The summed E-state index contributed by atoms with van der Waals surface area (Å²) in [6.45, 7) is 2.50. The highest BCUT2D eigenvalue weighted by Gasteiger charge is 2.24. The van der Waals surface area contributed by atoms with Gasteiger partial charge in [0.1, 0.15) is 0 Å². The van der Waals surface area contributed by atoms with E-state index in [2.05, 4.69) is 16.8 Å². The highest BCUT2D eigenvalue weighted by atomic mass is 16.2. The molecule has 1 aliphatic heterocycles. The van der Waals surface area contributed by atoms with Gasteiger partial charge in [-0.3, -0.25) is 9.69 Å². The van der Waals surface area contributed by atoms with Crippen molar-refractivity contribution in [3.8, 4) is 0 Å². The molecule has 0 atom stereocenters. The molecule has 0 spiro atoms. The van der Waals surface area contributed by atoms with Crippen molar-refractivity contribution >= 4 is 5.91 Å². The van der Waals surface area contributed by atoms with Crippen LogP contribution >= 0.6 is 0 Å². The fraction of sp³-hybridized carbons (Fsp3) is 0.933. The van der Waals surface area contributed by atoms with Gasteiger partial charge < -0.3 is 10.6 Å². The maximum Gasteiger partial charge on any atom is 0.236 e. The minimum atomic E-state index is 0.319. The predicted octanol–water partition coefficient (Wildman–Crippen LogP) is 1.59. The molecule has 0 radical (unpaired) electrons. The van der Waals surface area contributed by atoms with Crippen LogP contribution in [0.15, 0.2) is 0 Å². The Morgan fingerprint density at radius 3 is 2.26 bits per heavy atom. The van der Waals surface area contributed by atoms with Crippen molar-refractivity contribution in [2.75, 3.05) is 26.7 Å². The molecule has 0 aromatic carbocycles. The molecule has 0 bridgehead atoms. The van der Waals surface area contributed by atoms with E-state index in [-0.39, 0.29) is 0 Å². The number of hydrogen-bond acceptors (Lipinski definition) is 3. The van der Waals surface area contributed by atoms with Gasteiger partial charge in [0, 0.05) is 25.2 Å². The van der Waals surface area contributed by atoms with Gasteiger partial charge >= 0.3 is 0 Å². The summed E-state index contributed by atoms with van der Waals surface area (Å²) in [7, 11) is 2.09. The number of rotatable bonds is 3. The lowest BCUT2D eigenvalue weighted by molar-refractivity contribution is -0.132. The predicted molar refractivity (Wildman–Crippen MR) is 77.9 cm³/mol. The van der Waals surface area contributed by atoms with Gasteiger partial charge in [0.2, 0.25) is 5.91 Å². The molecule has 2 aliphatic rings.